The number of hydrogen-bond donors (Lipinski definition) is 1. The summed E-state index contributed by atoms with van der Waals surface area (Å²) in [6, 6.07) is 13.3. The van der Waals surface area contributed by atoms with Crippen LogP contribution in [0.5, 0.6) is 0 Å². The lowest BCUT2D eigenvalue weighted by atomic mass is 9.95. The van der Waals surface area contributed by atoms with Crippen LogP contribution in [0, 0.1) is 22.7 Å². The minimum Gasteiger partial charge on any atom is -0.326 e. The predicted octanol–water partition coefficient (Wildman–Crippen LogP) is 4.65. The van der Waals surface area contributed by atoms with Crippen LogP contribution in [-0.4, -0.2) is 6.03 Å². The van der Waals surface area contributed by atoms with Crippen molar-refractivity contribution in [2.24, 2.45) is 0 Å². The quantitative estimate of drug-likeness (QED) is 0.821. The molecule has 0 bridgehead atoms. The number of carbonyl (C=O) groups excluding carboxylic acids is 1. The molecular formula is C20H13F3N4O. The van der Waals surface area contributed by atoms with Gasteiger partial charge in [0.25, 0.3) is 0 Å². The number of anilines is 1. The summed E-state index contributed by atoms with van der Waals surface area (Å²) in [6.07, 6.45) is -4.55. The van der Waals surface area contributed by atoms with Crippen LogP contribution in [0.15, 0.2) is 59.8 Å². The van der Waals surface area contributed by atoms with E-state index in [0.29, 0.717) is 11.1 Å². The fourth-order valence-corrected chi connectivity index (χ4v) is 3.02. The van der Waals surface area contributed by atoms with Crippen LogP contribution in [0.4, 0.5) is 23.7 Å². The third-order valence-corrected chi connectivity index (χ3v) is 4.41. The molecule has 0 aromatic heterocycles. The summed E-state index contributed by atoms with van der Waals surface area (Å²) in [4.78, 5) is 13.7. The standard InChI is InChI=1S/C20H13F3N4O/c1-12-17(11-25)18(14-7-5-13(10-24)6-8-14)26-19(28)27(12)16-4-2-3-15(9-16)20(21,22)23/h2-9,18H,1H3,(H,26,28)/t18-/m1/s1. The molecule has 1 heterocycles. The van der Waals surface area contributed by atoms with Gasteiger partial charge in [0.1, 0.15) is 0 Å². The third-order valence-electron chi connectivity index (χ3n) is 4.41. The summed E-state index contributed by atoms with van der Waals surface area (Å²) in [6.45, 7) is 1.51. The normalized spacial score (nSPS) is 17.0. The van der Waals surface area contributed by atoms with Crippen molar-refractivity contribution in [3.05, 3.63) is 76.5 Å². The number of urea groups is 1. The first-order chi connectivity index (χ1) is 13.3. The number of hydrogen-bond acceptors (Lipinski definition) is 3. The molecule has 140 valence electrons. The van der Waals surface area contributed by atoms with Crippen LogP contribution in [0.2, 0.25) is 0 Å². The third kappa shape index (κ3) is 3.40. The molecule has 2 aromatic rings. The Labute approximate surface area is 158 Å². The van der Waals surface area contributed by atoms with Crippen LogP contribution in [0.3, 0.4) is 0 Å². The second kappa shape index (κ2) is 7.09. The van der Waals surface area contributed by atoms with Crippen LogP contribution >= 0.6 is 0 Å². The van der Waals surface area contributed by atoms with Crippen molar-refractivity contribution in [2.75, 3.05) is 4.90 Å². The molecule has 0 radical (unpaired) electrons. The minimum absolute atomic E-state index is 0.0100. The van der Waals surface area contributed by atoms with Gasteiger partial charge in [0.15, 0.2) is 0 Å². The Balaban J connectivity index is 2.06. The molecule has 0 unspecified atom stereocenters. The molecule has 0 fully saturated rings. The summed E-state index contributed by atoms with van der Waals surface area (Å²) in [5.74, 6) is 0. The molecule has 28 heavy (non-hydrogen) atoms. The van der Waals surface area contributed by atoms with Crippen molar-refractivity contribution in [1.82, 2.24) is 5.32 Å². The maximum atomic E-state index is 13.0. The molecule has 1 aliphatic heterocycles. The largest absolute Gasteiger partial charge is 0.416 e. The van der Waals surface area contributed by atoms with Gasteiger partial charge in [-0.15, -0.1) is 0 Å². The zero-order valence-corrected chi connectivity index (χ0v) is 14.6. The maximum absolute atomic E-state index is 13.0. The summed E-state index contributed by atoms with van der Waals surface area (Å²) in [7, 11) is 0. The molecule has 3 rings (SSSR count). The number of nitriles is 2. The van der Waals surface area contributed by atoms with Gasteiger partial charge >= 0.3 is 12.2 Å². The molecule has 0 spiro atoms. The Morgan fingerprint density at radius 2 is 1.75 bits per heavy atom. The van der Waals surface area contributed by atoms with Crippen molar-refractivity contribution in [2.45, 2.75) is 19.1 Å². The van der Waals surface area contributed by atoms with Gasteiger partial charge in [-0.1, -0.05) is 18.2 Å². The van der Waals surface area contributed by atoms with Crippen molar-refractivity contribution >= 4 is 11.7 Å². The van der Waals surface area contributed by atoms with Crippen molar-refractivity contribution in [1.29, 1.82) is 10.5 Å². The molecule has 2 amide bonds. The molecule has 5 nitrogen and oxygen atoms in total. The minimum atomic E-state index is -4.55. The lowest BCUT2D eigenvalue weighted by Gasteiger charge is -2.34. The van der Waals surface area contributed by atoms with Gasteiger partial charge < -0.3 is 5.32 Å². The number of rotatable bonds is 2. The SMILES string of the molecule is CC1=C(C#N)[C@@H](c2ccc(C#N)cc2)NC(=O)N1c1cccc(C(F)(F)F)c1. The molecule has 0 saturated carbocycles. The first-order valence-corrected chi connectivity index (χ1v) is 8.15. The van der Waals surface area contributed by atoms with Gasteiger partial charge in [-0.2, -0.15) is 23.7 Å². The summed E-state index contributed by atoms with van der Waals surface area (Å²) < 4.78 is 39.0. The molecule has 1 atom stereocenters. The van der Waals surface area contributed by atoms with Crippen molar-refractivity contribution in [3.8, 4) is 12.1 Å². The highest BCUT2D eigenvalue weighted by atomic mass is 19.4. The van der Waals surface area contributed by atoms with E-state index < -0.39 is 23.8 Å². The molecule has 2 aromatic carbocycles. The maximum Gasteiger partial charge on any atom is 0.416 e. The van der Waals surface area contributed by atoms with Gasteiger partial charge in [0.2, 0.25) is 0 Å². The van der Waals surface area contributed by atoms with E-state index in [1.807, 2.05) is 12.1 Å². The zero-order chi connectivity index (χ0) is 20.5. The predicted molar refractivity (Wildman–Crippen MR) is 94.7 cm³/mol. The fraction of sp³-hybridized carbons (Fsp3) is 0.150. The summed E-state index contributed by atoms with van der Waals surface area (Å²) >= 11 is 0. The highest BCUT2D eigenvalue weighted by Gasteiger charge is 2.35. The Morgan fingerprint density at radius 3 is 2.32 bits per heavy atom. The number of nitrogens with one attached hydrogen (secondary N) is 1. The van der Waals surface area contributed by atoms with Crippen LogP contribution in [0.25, 0.3) is 0 Å². The van der Waals surface area contributed by atoms with E-state index in [1.54, 1.807) is 24.3 Å². The van der Waals surface area contributed by atoms with E-state index in [-0.39, 0.29) is 17.0 Å². The number of allylic oxidation sites excluding steroid dienone is 1. The van der Waals surface area contributed by atoms with E-state index >= 15 is 0 Å². The van der Waals surface area contributed by atoms with E-state index in [0.717, 1.165) is 17.0 Å². The van der Waals surface area contributed by atoms with Crippen molar-refractivity contribution < 1.29 is 18.0 Å². The molecule has 1 aliphatic rings. The molecule has 1 N–H and O–H groups in total. The second-order valence-electron chi connectivity index (χ2n) is 6.11. The highest BCUT2D eigenvalue weighted by molar-refractivity contribution is 5.97. The first-order valence-electron chi connectivity index (χ1n) is 8.15. The molecule has 0 saturated heterocycles. The van der Waals surface area contributed by atoms with Gasteiger partial charge in [-0.05, 0) is 42.8 Å². The van der Waals surface area contributed by atoms with E-state index in [9.17, 15) is 23.2 Å². The average Bonchev–Trinajstić information content (AvgIpc) is 2.67. The molecule has 0 aliphatic carbocycles. The molecule has 8 heteroatoms. The Kier molecular flexibility index (Phi) is 4.81. The van der Waals surface area contributed by atoms with Gasteiger partial charge in [0, 0.05) is 5.70 Å². The highest BCUT2D eigenvalue weighted by Crippen LogP contribution is 2.36. The first kappa shape index (κ1) is 19.0. The van der Waals surface area contributed by atoms with Crippen molar-refractivity contribution in [3.63, 3.8) is 0 Å². The zero-order valence-electron chi connectivity index (χ0n) is 14.6. The average molecular weight is 382 g/mol. The Morgan fingerprint density at radius 1 is 1.07 bits per heavy atom. The topological polar surface area (TPSA) is 79.9 Å². The molecular weight excluding hydrogens is 369 g/mol. The fourth-order valence-electron chi connectivity index (χ4n) is 3.02. The van der Waals surface area contributed by atoms with Gasteiger partial charge in [0.05, 0.1) is 40.6 Å². The van der Waals surface area contributed by atoms with Crippen LogP contribution in [0.1, 0.15) is 29.7 Å². The second-order valence-corrected chi connectivity index (χ2v) is 6.11. The van der Waals surface area contributed by atoms with Gasteiger partial charge in [-0.3, -0.25) is 4.90 Å². The van der Waals surface area contributed by atoms with E-state index in [4.69, 9.17) is 5.26 Å². The number of amides is 2. The smallest absolute Gasteiger partial charge is 0.326 e. The number of alkyl halides is 3. The lowest BCUT2D eigenvalue weighted by Crippen LogP contribution is -2.46. The van der Waals surface area contributed by atoms with E-state index in [1.165, 1.54) is 19.1 Å². The van der Waals surface area contributed by atoms with Gasteiger partial charge in [-0.25, -0.2) is 4.79 Å². The number of halogens is 3. The summed E-state index contributed by atoms with van der Waals surface area (Å²) in [5, 5.41) is 21.2. The van der Waals surface area contributed by atoms with E-state index in [2.05, 4.69) is 5.32 Å². The number of carbonyl (C=O) groups is 1. The Bertz CT molecular complexity index is 1040. The monoisotopic (exact) mass is 382 g/mol. The Hall–Kier alpha value is -3.78. The number of benzene rings is 2. The van der Waals surface area contributed by atoms with Crippen LogP contribution < -0.4 is 10.2 Å². The number of nitrogens with zero attached hydrogens (tertiary/aromatic N) is 3. The lowest BCUT2D eigenvalue weighted by molar-refractivity contribution is -0.137. The summed E-state index contributed by atoms with van der Waals surface area (Å²) in [5.41, 5.74) is 0.568. The van der Waals surface area contributed by atoms with Crippen LogP contribution in [-0.2, 0) is 6.18 Å².